The molecular formula is C12H21N3O2. The van der Waals surface area contributed by atoms with Crippen molar-refractivity contribution in [3.63, 3.8) is 0 Å². The molecule has 2 unspecified atom stereocenters. The summed E-state index contributed by atoms with van der Waals surface area (Å²) in [5.41, 5.74) is 0. The van der Waals surface area contributed by atoms with E-state index < -0.39 is 0 Å². The van der Waals surface area contributed by atoms with Crippen molar-refractivity contribution in [2.24, 2.45) is 5.92 Å². The standard InChI is InChI=1S/C12H21N3O2/c1-9-12(17)14-6-7-15(9)11(16)3-2-10-4-5-13-8-10/h9-10,13H,2-8H2,1H3,(H,14,17). The van der Waals surface area contributed by atoms with Crippen molar-refractivity contribution in [3.8, 4) is 0 Å². The molecule has 2 saturated heterocycles. The first kappa shape index (κ1) is 12.4. The van der Waals surface area contributed by atoms with Gasteiger partial charge in [-0.1, -0.05) is 0 Å². The van der Waals surface area contributed by atoms with E-state index >= 15 is 0 Å². The third kappa shape index (κ3) is 2.97. The molecule has 0 bridgehead atoms. The van der Waals surface area contributed by atoms with Crippen LogP contribution in [0.3, 0.4) is 0 Å². The fourth-order valence-electron chi connectivity index (χ4n) is 2.56. The molecule has 0 radical (unpaired) electrons. The minimum atomic E-state index is -0.307. The SMILES string of the molecule is CC1C(=O)NCCN1C(=O)CCC1CCNC1. The molecule has 2 rings (SSSR count). The number of hydrogen-bond acceptors (Lipinski definition) is 3. The van der Waals surface area contributed by atoms with Crippen LogP contribution in [0.1, 0.15) is 26.2 Å². The van der Waals surface area contributed by atoms with Gasteiger partial charge in [-0.3, -0.25) is 9.59 Å². The van der Waals surface area contributed by atoms with E-state index in [2.05, 4.69) is 10.6 Å². The molecule has 2 fully saturated rings. The zero-order valence-corrected chi connectivity index (χ0v) is 10.4. The average Bonchev–Trinajstić information content (AvgIpc) is 2.82. The van der Waals surface area contributed by atoms with E-state index in [1.165, 1.54) is 6.42 Å². The van der Waals surface area contributed by atoms with Gasteiger partial charge in [-0.2, -0.15) is 0 Å². The summed E-state index contributed by atoms with van der Waals surface area (Å²) in [6, 6.07) is -0.307. The second-order valence-corrected chi connectivity index (χ2v) is 4.95. The van der Waals surface area contributed by atoms with Gasteiger partial charge in [0, 0.05) is 19.5 Å². The minimum Gasteiger partial charge on any atom is -0.353 e. The highest BCUT2D eigenvalue weighted by Crippen LogP contribution is 2.16. The normalized spacial score (nSPS) is 29.2. The predicted octanol–water partition coefficient (Wildman–Crippen LogP) is -0.277. The molecule has 96 valence electrons. The summed E-state index contributed by atoms with van der Waals surface area (Å²) in [7, 11) is 0. The van der Waals surface area contributed by atoms with Crippen molar-refractivity contribution in [3.05, 3.63) is 0 Å². The molecule has 2 N–H and O–H groups in total. The van der Waals surface area contributed by atoms with Crippen LogP contribution < -0.4 is 10.6 Å². The molecule has 5 heteroatoms. The van der Waals surface area contributed by atoms with Crippen molar-refractivity contribution in [1.82, 2.24) is 15.5 Å². The number of piperazine rings is 1. The minimum absolute atomic E-state index is 0.0351. The van der Waals surface area contributed by atoms with Crippen LogP contribution in [0.15, 0.2) is 0 Å². The van der Waals surface area contributed by atoms with Gasteiger partial charge < -0.3 is 15.5 Å². The zero-order valence-electron chi connectivity index (χ0n) is 10.4. The lowest BCUT2D eigenvalue weighted by molar-refractivity contribution is -0.142. The van der Waals surface area contributed by atoms with E-state index in [1.807, 2.05) is 0 Å². The molecule has 0 spiro atoms. The molecule has 0 aromatic rings. The van der Waals surface area contributed by atoms with E-state index in [-0.39, 0.29) is 17.9 Å². The molecule has 2 aliphatic heterocycles. The number of carbonyl (C=O) groups excluding carboxylic acids is 2. The highest BCUT2D eigenvalue weighted by molar-refractivity contribution is 5.88. The summed E-state index contributed by atoms with van der Waals surface area (Å²) < 4.78 is 0. The van der Waals surface area contributed by atoms with Crippen LogP contribution in [-0.4, -0.2) is 48.9 Å². The van der Waals surface area contributed by atoms with Crippen LogP contribution in [-0.2, 0) is 9.59 Å². The number of hydrogen-bond donors (Lipinski definition) is 2. The Labute approximate surface area is 102 Å². The van der Waals surface area contributed by atoms with Gasteiger partial charge in [0.25, 0.3) is 0 Å². The van der Waals surface area contributed by atoms with E-state index in [4.69, 9.17) is 0 Å². The molecule has 17 heavy (non-hydrogen) atoms. The van der Waals surface area contributed by atoms with Crippen molar-refractivity contribution >= 4 is 11.8 Å². The Morgan fingerprint density at radius 2 is 2.29 bits per heavy atom. The smallest absolute Gasteiger partial charge is 0.242 e. The van der Waals surface area contributed by atoms with Gasteiger partial charge in [-0.05, 0) is 38.8 Å². The third-order valence-corrected chi connectivity index (χ3v) is 3.75. The molecule has 0 aromatic carbocycles. The fourth-order valence-corrected chi connectivity index (χ4v) is 2.56. The van der Waals surface area contributed by atoms with E-state index in [0.29, 0.717) is 25.4 Å². The van der Waals surface area contributed by atoms with E-state index in [1.54, 1.807) is 11.8 Å². The summed E-state index contributed by atoms with van der Waals surface area (Å²) in [4.78, 5) is 25.2. The number of nitrogens with zero attached hydrogens (tertiary/aromatic N) is 1. The highest BCUT2D eigenvalue weighted by Gasteiger charge is 2.29. The number of amides is 2. The van der Waals surface area contributed by atoms with Crippen LogP contribution in [0, 0.1) is 5.92 Å². The molecule has 0 aromatic heterocycles. The third-order valence-electron chi connectivity index (χ3n) is 3.75. The van der Waals surface area contributed by atoms with Gasteiger partial charge in [0.05, 0.1) is 0 Å². The molecule has 2 amide bonds. The molecule has 2 aliphatic rings. The first-order chi connectivity index (χ1) is 8.18. The van der Waals surface area contributed by atoms with Crippen LogP contribution in [0.25, 0.3) is 0 Å². The Morgan fingerprint density at radius 1 is 1.47 bits per heavy atom. The maximum Gasteiger partial charge on any atom is 0.242 e. The van der Waals surface area contributed by atoms with Gasteiger partial charge in [-0.25, -0.2) is 0 Å². The molecule has 2 atom stereocenters. The highest BCUT2D eigenvalue weighted by atomic mass is 16.2. The second kappa shape index (κ2) is 5.49. The first-order valence-corrected chi connectivity index (χ1v) is 6.46. The van der Waals surface area contributed by atoms with Gasteiger partial charge in [-0.15, -0.1) is 0 Å². The number of carbonyl (C=O) groups is 2. The summed E-state index contributed by atoms with van der Waals surface area (Å²) in [5.74, 6) is 0.722. The van der Waals surface area contributed by atoms with Gasteiger partial charge >= 0.3 is 0 Å². The molecular weight excluding hydrogens is 218 g/mol. The van der Waals surface area contributed by atoms with Crippen LogP contribution in [0.2, 0.25) is 0 Å². The quantitative estimate of drug-likeness (QED) is 0.712. The van der Waals surface area contributed by atoms with Crippen molar-refractivity contribution in [2.75, 3.05) is 26.2 Å². The number of rotatable bonds is 3. The maximum absolute atomic E-state index is 12.0. The Hall–Kier alpha value is -1.10. The molecule has 0 aliphatic carbocycles. The lowest BCUT2D eigenvalue weighted by Gasteiger charge is -2.33. The Balaban J connectivity index is 1.79. The lowest BCUT2D eigenvalue weighted by atomic mass is 10.0. The predicted molar refractivity (Wildman–Crippen MR) is 64.4 cm³/mol. The van der Waals surface area contributed by atoms with Gasteiger partial charge in [0.1, 0.15) is 6.04 Å². The topological polar surface area (TPSA) is 61.4 Å². The zero-order chi connectivity index (χ0) is 12.3. The van der Waals surface area contributed by atoms with E-state index in [0.717, 1.165) is 19.5 Å². The fraction of sp³-hybridized carbons (Fsp3) is 0.833. The van der Waals surface area contributed by atoms with Crippen LogP contribution in [0.4, 0.5) is 0 Å². The Kier molecular flexibility index (Phi) is 3.99. The average molecular weight is 239 g/mol. The Morgan fingerprint density at radius 3 is 3.00 bits per heavy atom. The van der Waals surface area contributed by atoms with Crippen molar-refractivity contribution < 1.29 is 9.59 Å². The van der Waals surface area contributed by atoms with Crippen LogP contribution >= 0.6 is 0 Å². The molecule has 2 heterocycles. The maximum atomic E-state index is 12.0. The van der Waals surface area contributed by atoms with Crippen molar-refractivity contribution in [1.29, 1.82) is 0 Å². The largest absolute Gasteiger partial charge is 0.353 e. The Bertz CT molecular complexity index is 300. The summed E-state index contributed by atoms with van der Waals surface area (Å²) in [6.07, 6.45) is 2.68. The lowest BCUT2D eigenvalue weighted by Crippen LogP contribution is -2.55. The second-order valence-electron chi connectivity index (χ2n) is 4.95. The van der Waals surface area contributed by atoms with Gasteiger partial charge in [0.2, 0.25) is 11.8 Å². The summed E-state index contributed by atoms with van der Waals surface area (Å²) in [5, 5.41) is 6.07. The molecule has 0 saturated carbocycles. The van der Waals surface area contributed by atoms with Crippen molar-refractivity contribution in [2.45, 2.75) is 32.2 Å². The number of nitrogens with one attached hydrogen (secondary N) is 2. The van der Waals surface area contributed by atoms with Crippen LogP contribution in [0.5, 0.6) is 0 Å². The molecule has 5 nitrogen and oxygen atoms in total. The summed E-state index contributed by atoms with van der Waals surface area (Å²) >= 11 is 0. The van der Waals surface area contributed by atoms with E-state index in [9.17, 15) is 9.59 Å². The monoisotopic (exact) mass is 239 g/mol. The van der Waals surface area contributed by atoms with Gasteiger partial charge in [0.15, 0.2) is 0 Å². The summed E-state index contributed by atoms with van der Waals surface area (Å²) in [6.45, 7) is 5.13. The first-order valence-electron chi connectivity index (χ1n) is 6.46.